The quantitative estimate of drug-likeness (QED) is 0.803. The third-order valence-corrected chi connectivity index (χ3v) is 3.97. The van der Waals surface area contributed by atoms with Crippen LogP contribution >= 0.6 is 0 Å². The predicted molar refractivity (Wildman–Crippen MR) is 74.2 cm³/mol. The topological polar surface area (TPSA) is 20.2 Å². The van der Waals surface area contributed by atoms with Gasteiger partial charge >= 0.3 is 0 Å². The number of hydrogen-bond donors (Lipinski definition) is 1. The van der Waals surface area contributed by atoms with E-state index in [1.54, 1.807) is 0 Å². The fraction of sp³-hybridized carbons (Fsp3) is 0.625. The molecule has 1 nitrogen and oxygen atoms in total. The highest BCUT2D eigenvalue weighted by atomic mass is 16.3. The molecule has 0 aliphatic heterocycles. The Kier molecular flexibility index (Phi) is 4.76. The number of aliphatic hydroxyl groups is 1. The highest BCUT2D eigenvalue weighted by Gasteiger charge is 2.26. The van der Waals surface area contributed by atoms with Gasteiger partial charge in [-0.25, -0.2) is 0 Å². The van der Waals surface area contributed by atoms with Crippen LogP contribution in [0.15, 0.2) is 18.2 Å². The Labute approximate surface area is 106 Å². The van der Waals surface area contributed by atoms with Crippen molar-refractivity contribution in [2.24, 2.45) is 5.92 Å². The molecule has 0 aromatic heterocycles. The fourth-order valence-corrected chi connectivity index (χ4v) is 2.33. The van der Waals surface area contributed by atoms with Crippen LogP contribution in [0.4, 0.5) is 0 Å². The summed E-state index contributed by atoms with van der Waals surface area (Å²) in [5, 5.41) is 10.6. The number of rotatable bonds is 5. The van der Waals surface area contributed by atoms with E-state index in [1.807, 2.05) is 6.92 Å². The molecule has 1 aromatic rings. The van der Waals surface area contributed by atoms with Crippen molar-refractivity contribution in [1.82, 2.24) is 0 Å². The van der Waals surface area contributed by atoms with Crippen molar-refractivity contribution in [3.8, 4) is 0 Å². The molecule has 0 fully saturated rings. The van der Waals surface area contributed by atoms with E-state index in [0.717, 1.165) is 24.8 Å². The first-order chi connectivity index (χ1) is 7.90. The zero-order chi connectivity index (χ0) is 13.1. The molecule has 1 aromatic carbocycles. The lowest BCUT2D eigenvalue weighted by molar-refractivity contribution is 0.0285. The van der Waals surface area contributed by atoms with Crippen LogP contribution < -0.4 is 0 Å². The van der Waals surface area contributed by atoms with Gasteiger partial charge < -0.3 is 5.11 Å². The minimum absolute atomic E-state index is 0.603. The molecule has 0 radical (unpaired) electrons. The molecule has 0 saturated heterocycles. The second kappa shape index (κ2) is 5.68. The molecule has 0 aliphatic carbocycles. The van der Waals surface area contributed by atoms with Gasteiger partial charge in [0, 0.05) is 0 Å². The summed E-state index contributed by atoms with van der Waals surface area (Å²) in [5.41, 5.74) is 2.89. The van der Waals surface area contributed by atoms with E-state index in [4.69, 9.17) is 0 Å². The summed E-state index contributed by atoms with van der Waals surface area (Å²) in [5.74, 6) is 0.603. The van der Waals surface area contributed by atoms with Crippen LogP contribution in [0.5, 0.6) is 0 Å². The van der Waals surface area contributed by atoms with Gasteiger partial charge in [0.2, 0.25) is 0 Å². The number of aryl methyl sites for hydroxylation is 2. The van der Waals surface area contributed by atoms with Crippen molar-refractivity contribution in [3.05, 3.63) is 34.9 Å². The summed E-state index contributed by atoms with van der Waals surface area (Å²) in [4.78, 5) is 0. The molecular weight excluding hydrogens is 208 g/mol. The molecule has 0 spiro atoms. The second-order valence-corrected chi connectivity index (χ2v) is 5.46. The number of hydrogen-bond acceptors (Lipinski definition) is 1. The zero-order valence-electron chi connectivity index (χ0n) is 11.9. The van der Waals surface area contributed by atoms with E-state index in [2.05, 4.69) is 45.9 Å². The van der Waals surface area contributed by atoms with E-state index in [9.17, 15) is 5.11 Å². The van der Waals surface area contributed by atoms with Crippen LogP contribution in [0.3, 0.4) is 0 Å². The Morgan fingerprint density at radius 1 is 1.12 bits per heavy atom. The first-order valence-electron chi connectivity index (χ1n) is 6.70. The Bertz CT molecular complexity index is 362. The summed E-state index contributed by atoms with van der Waals surface area (Å²) in [6, 6.07) is 6.29. The lowest BCUT2D eigenvalue weighted by Gasteiger charge is -2.28. The smallest absolute Gasteiger partial charge is 0.0871 e. The summed E-state index contributed by atoms with van der Waals surface area (Å²) >= 11 is 0. The second-order valence-electron chi connectivity index (χ2n) is 5.46. The summed E-state index contributed by atoms with van der Waals surface area (Å²) < 4.78 is 0. The maximum atomic E-state index is 10.6. The van der Waals surface area contributed by atoms with E-state index >= 15 is 0 Å². The zero-order valence-corrected chi connectivity index (χ0v) is 11.9. The van der Waals surface area contributed by atoms with E-state index < -0.39 is 5.60 Å². The standard InChI is InChI=1S/C16H26O/c1-6-14(7-2)11-16(5,17)15-9-8-12(3)13(4)10-15/h8-10,14,17H,6-7,11H2,1-5H3. The molecule has 96 valence electrons. The molecule has 1 N–H and O–H groups in total. The molecule has 0 bridgehead atoms. The average Bonchev–Trinajstić information content (AvgIpc) is 2.29. The largest absolute Gasteiger partial charge is 0.385 e. The monoisotopic (exact) mass is 234 g/mol. The minimum atomic E-state index is -0.699. The van der Waals surface area contributed by atoms with Crippen molar-refractivity contribution in [2.45, 2.75) is 59.5 Å². The molecule has 0 heterocycles. The van der Waals surface area contributed by atoms with Crippen molar-refractivity contribution < 1.29 is 5.11 Å². The van der Waals surface area contributed by atoms with Crippen LogP contribution in [-0.4, -0.2) is 5.11 Å². The van der Waals surface area contributed by atoms with Crippen LogP contribution in [0.25, 0.3) is 0 Å². The van der Waals surface area contributed by atoms with Gasteiger partial charge in [-0.15, -0.1) is 0 Å². The summed E-state index contributed by atoms with van der Waals surface area (Å²) in [6.07, 6.45) is 3.12. The van der Waals surface area contributed by atoms with Crippen LogP contribution in [0.2, 0.25) is 0 Å². The van der Waals surface area contributed by atoms with Crippen molar-refractivity contribution >= 4 is 0 Å². The molecule has 17 heavy (non-hydrogen) atoms. The molecule has 0 amide bonds. The van der Waals surface area contributed by atoms with Gasteiger partial charge in [-0.05, 0) is 49.8 Å². The molecule has 0 saturated carbocycles. The van der Waals surface area contributed by atoms with E-state index in [-0.39, 0.29) is 0 Å². The SMILES string of the molecule is CCC(CC)CC(C)(O)c1ccc(C)c(C)c1. The van der Waals surface area contributed by atoms with Gasteiger partial charge in [0.05, 0.1) is 5.60 Å². The van der Waals surface area contributed by atoms with E-state index in [1.165, 1.54) is 11.1 Å². The number of benzene rings is 1. The average molecular weight is 234 g/mol. The molecule has 1 atom stereocenters. The highest BCUT2D eigenvalue weighted by molar-refractivity contribution is 5.32. The van der Waals surface area contributed by atoms with Crippen molar-refractivity contribution in [2.75, 3.05) is 0 Å². The summed E-state index contributed by atoms with van der Waals surface area (Å²) in [6.45, 7) is 10.5. The Balaban J connectivity index is 2.91. The molecule has 1 rings (SSSR count). The van der Waals surface area contributed by atoms with Gasteiger partial charge in [0.15, 0.2) is 0 Å². The third kappa shape index (κ3) is 3.57. The third-order valence-electron chi connectivity index (χ3n) is 3.97. The van der Waals surface area contributed by atoms with Gasteiger partial charge in [-0.3, -0.25) is 0 Å². The van der Waals surface area contributed by atoms with Crippen LogP contribution in [0, 0.1) is 19.8 Å². The predicted octanol–water partition coefficient (Wildman–Crippen LogP) is 4.34. The Hall–Kier alpha value is -0.820. The van der Waals surface area contributed by atoms with Crippen LogP contribution in [0.1, 0.15) is 56.7 Å². The normalized spacial score (nSPS) is 15.0. The first-order valence-corrected chi connectivity index (χ1v) is 6.70. The maximum absolute atomic E-state index is 10.6. The molecular formula is C16H26O. The summed E-state index contributed by atoms with van der Waals surface area (Å²) in [7, 11) is 0. The van der Waals surface area contributed by atoms with Crippen molar-refractivity contribution in [3.63, 3.8) is 0 Å². The maximum Gasteiger partial charge on any atom is 0.0871 e. The molecule has 0 aliphatic rings. The molecule has 1 unspecified atom stereocenters. The van der Waals surface area contributed by atoms with E-state index in [0.29, 0.717) is 5.92 Å². The van der Waals surface area contributed by atoms with Gasteiger partial charge in [-0.1, -0.05) is 44.9 Å². The molecule has 1 heteroatoms. The Morgan fingerprint density at radius 3 is 2.18 bits per heavy atom. The van der Waals surface area contributed by atoms with Gasteiger partial charge in [-0.2, -0.15) is 0 Å². The first kappa shape index (κ1) is 14.2. The highest BCUT2D eigenvalue weighted by Crippen LogP contribution is 2.31. The lowest BCUT2D eigenvalue weighted by Crippen LogP contribution is -2.25. The van der Waals surface area contributed by atoms with Crippen molar-refractivity contribution in [1.29, 1.82) is 0 Å². The van der Waals surface area contributed by atoms with Crippen LogP contribution in [-0.2, 0) is 5.60 Å². The Morgan fingerprint density at radius 2 is 1.71 bits per heavy atom. The minimum Gasteiger partial charge on any atom is -0.385 e. The van der Waals surface area contributed by atoms with Gasteiger partial charge in [0.25, 0.3) is 0 Å². The fourth-order valence-electron chi connectivity index (χ4n) is 2.33. The van der Waals surface area contributed by atoms with Gasteiger partial charge in [0.1, 0.15) is 0 Å². The lowest BCUT2D eigenvalue weighted by atomic mass is 9.83.